The average molecular weight is 374 g/mol. The summed E-state index contributed by atoms with van der Waals surface area (Å²) in [4.78, 5) is 16.7. The normalized spacial score (nSPS) is 22.2. The van der Waals surface area contributed by atoms with Crippen molar-refractivity contribution in [1.82, 2.24) is 20.9 Å². The largest absolute Gasteiger partial charge is 0.391 e. The highest BCUT2D eigenvalue weighted by Crippen LogP contribution is 2.31. The van der Waals surface area contributed by atoms with Crippen molar-refractivity contribution in [3.05, 3.63) is 28.8 Å². The van der Waals surface area contributed by atoms with Gasteiger partial charge in [0, 0.05) is 48.7 Å². The number of aromatic nitrogens is 1. The van der Waals surface area contributed by atoms with E-state index in [2.05, 4.69) is 26.3 Å². The SMILES string of the molecule is CCN/C=C(\C=N)c1nc(NC2CCCCC2NC)c(F)c2c1C(=O)NC2. The molecule has 0 radical (unpaired) electrons. The lowest BCUT2D eigenvalue weighted by Crippen LogP contribution is -2.45. The lowest BCUT2D eigenvalue weighted by Gasteiger charge is -2.32. The van der Waals surface area contributed by atoms with E-state index in [0.717, 1.165) is 31.9 Å². The van der Waals surface area contributed by atoms with Gasteiger partial charge in [-0.1, -0.05) is 12.8 Å². The van der Waals surface area contributed by atoms with Crippen LogP contribution in [-0.2, 0) is 6.54 Å². The molecule has 0 spiro atoms. The van der Waals surface area contributed by atoms with Gasteiger partial charge in [0.1, 0.15) is 0 Å². The minimum atomic E-state index is -0.486. The van der Waals surface area contributed by atoms with Gasteiger partial charge in [0.15, 0.2) is 11.6 Å². The molecular weight excluding hydrogens is 347 g/mol. The summed E-state index contributed by atoms with van der Waals surface area (Å²) in [5.41, 5.74) is 1.31. The predicted molar refractivity (Wildman–Crippen MR) is 105 cm³/mol. The zero-order chi connectivity index (χ0) is 19.4. The van der Waals surface area contributed by atoms with Crippen molar-refractivity contribution in [1.29, 1.82) is 5.41 Å². The summed E-state index contributed by atoms with van der Waals surface area (Å²) in [5, 5.41) is 20.0. The minimum absolute atomic E-state index is 0.0721. The fourth-order valence-corrected chi connectivity index (χ4v) is 3.80. The van der Waals surface area contributed by atoms with Crippen molar-refractivity contribution in [2.24, 2.45) is 0 Å². The summed E-state index contributed by atoms with van der Waals surface area (Å²) in [7, 11) is 1.91. The molecule has 3 rings (SSSR count). The predicted octanol–water partition coefficient (Wildman–Crippen LogP) is 2.01. The second-order valence-electron chi connectivity index (χ2n) is 6.89. The summed E-state index contributed by atoms with van der Waals surface area (Å²) < 4.78 is 15.1. The van der Waals surface area contributed by atoms with Gasteiger partial charge < -0.3 is 26.7 Å². The molecule has 2 atom stereocenters. The molecule has 27 heavy (non-hydrogen) atoms. The zero-order valence-corrected chi connectivity index (χ0v) is 15.8. The van der Waals surface area contributed by atoms with Crippen molar-refractivity contribution in [3.8, 4) is 0 Å². The van der Waals surface area contributed by atoms with Crippen LogP contribution in [0.25, 0.3) is 5.57 Å². The highest BCUT2D eigenvalue weighted by molar-refractivity contribution is 6.13. The van der Waals surface area contributed by atoms with E-state index in [9.17, 15) is 4.79 Å². The van der Waals surface area contributed by atoms with Crippen molar-refractivity contribution < 1.29 is 9.18 Å². The molecule has 146 valence electrons. The standard InChI is InChI=1S/C19H27FN6O/c1-3-23-9-11(8-21)17-15-12(10-24-19(15)27)16(20)18(26-17)25-14-7-5-4-6-13(14)22-2/h8-9,13-14,21-23H,3-7,10H2,1-2H3,(H,24,27)(H,25,26)/b11-9+,21-8?. The number of hydrogen-bond donors (Lipinski definition) is 5. The molecule has 0 bridgehead atoms. The van der Waals surface area contributed by atoms with Gasteiger partial charge in [0.05, 0.1) is 11.3 Å². The van der Waals surface area contributed by atoms with Gasteiger partial charge in [-0.15, -0.1) is 0 Å². The van der Waals surface area contributed by atoms with Crippen molar-refractivity contribution in [2.45, 2.75) is 51.2 Å². The first-order valence-electron chi connectivity index (χ1n) is 9.49. The van der Waals surface area contributed by atoms with Crippen LogP contribution in [0.1, 0.15) is 54.2 Å². The Morgan fingerprint density at radius 2 is 2.11 bits per heavy atom. The number of hydrogen-bond acceptors (Lipinski definition) is 6. The molecule has 1 aliphatic heterocycles. The average Bonchev–Trinajstić information content (AvgIpc) is 3.08. The molecule has 2 aliphatic rings. The fraction of sp³-hybridized carbons (Fsp3) is 0.526. The first-order chi connectivity index (χ1) is 13.1. The topological polar surface area (TPSA) is 102 Å². The number of amides is 1. The van der Waals surface area contributed by atoms with Gasteiger partial charge in [0.2, 0.25) is 0 Å². The second kappa shape index (κ2) is 8.47. The van der Waals surface area contributed by atoms with Crippen LogP contribution in [0.15, 0.2) is 6.20 Å². The third-order valence-corrected chi connectivity index (χ3v) is 5.24. The van der Waals surface area contributed by atoms with E-state index in [-0.39, 0.29) is 35.9 Å². The van der Waals surface area contributed by atoms with E-state index in [4.69, 9.17) is 5.41 Å². The molecule has 2 unspecified atom stereocenters. The van der Waals surface area contributed by atoms with Crippen LogP contribution in [0, 0.1) is 11.2 Å². The number of nitrogens with one attached hydrogen (secondary N) is 5. The van der Waals surface area contributed by atoms with Crippen LogP contribution < -0.4 is 21.3 Å². The van der Waals surface area contributed by atoms with Gasteiger partial charge in [-0.25, -0.2) is 9.37 Å². The maximum atomic E-state index is 15.1. The Morgan fingerprint density at radius 3 is 2.78 bits per heavy atom. The van der Waals surface area contributed by atoms with Crippen LogP contribution in [0.3, 0.4) is 0 Å². The molecule has 1 saturated carbocycles. The number of halogens is 1. The van der Waals surface area contributed by atoms with Gasteiger partial charge >= 0.3 is 0 Å². The summed E-state index contributed by atoms with van der Waals surface area (Å²) in [6.45, 7) is 2.74. The highest BCUT2D eigenvalue weighted by atomic mass is 19.1. The Hall–Kier alpha value is -2.48. The molecule has 1 fully saturated rings. The van der Waals surface area contributed by atoms with Gasteiger partial charge in [-0.2, -0.15) is 0 Å². The number of likely N-dealkylation sites (N-methyl/N-ethyl adjacent to an activating group) is 1. The quantitative estimate of drug-likeness (QED) is 0.470. The van der Waals surface area contributed by atoms with E-state index in [0.29, 0.717) is 23.4 Å². The van der Waals surface area contributed by atoms with Gasteiger partial charge in [-0.05, 0) is 26.8 Å². The maximum Gasteiger partial charge on any atom is 0.254 e. The van der Waals surface area contributed by atoms with Crippen LogP contribution in [0.5, 0.6) is 0 Å². The van der Waals surface area contributed by atoms with Crippen molar-refractivity contribution in [3.63, 3.8) is 0 Å². The molecule has 5 N–H and O–H groups in total. The fourth-order valence-electron chi connectivity index (χ4n) is 3.80. The number of allylic oxidation sites excluding steroid dienone is 1. The van der Waals surface area contributed by atoms with Crippen LogP contribution in [0.4, 0.5) is 10.2 Å². The van der Waals surface area contributed by atoms with Crippen molar-refractivity contribution >= 4 is 23.5 Å². The molecule has 8 heteroatoms. The first kappa shape index (κ1) is 19.3. The molecule has 1 aliphatic carbocycles. The van der Waals surface area contributed by atoms with Gasteiger partial charge in [-0.3, -0.25) is 4.79 Å². The number of rotatable bonds is 7. The van der Waals surface area contributed by atoms with Crippen LogP contribution in [0.2, 0.25) is 0 Å². The molecule has 1 aromatic heterocycles. The third-order valence-electron chi connectivity index (χ3n) is 5.24. The molecule has 0 aromatic carbocycles. The summed E-state index contributed by atoms with van der Waals surface area (Å²) in [5.74, 6) is -0.690. The number of fused-ring (bicyclic) bond motifs is 1. The highest BCUT2D eigenvalue weighted by Gasteiger charge is 2.32. The first-order valence-corrected chi connectivity index (χ1v) is 9.49. The number of nitrogens with zero attached hydrogens (tertiary/aromatic N) is 1. The van der Waals surface area contributed by atoms with Crippen molar-refractivity contribution in [2.75, 3.05) is 18.9 Å². The maximum absolute atomic E-state index is 15.1. The van der Waals surface area contributed by atoms with E-state index in [1.54, 1.807) is 6.20 Å². The Kier molecular flexibility index (Phi) is 6.05. The molecule has 1 amide bonds. The Morgan fingerprint density at radius 1 is 1.37 bits per heavy atom. The Balaban J connectivity index is 2.04. The lowest BCUT2D eigenvalue weighted by atomic mass is 9.90. The number of carbonyl (C=O) groups is 1. The molecule has 7 nitrogen and oxygen atoms in total. The monoisotopic (exact) mass is 374 g/mol. The second-order valence-corrected chi connectivity index (χ2v) is 6.89. The Bertz CT molecular complexity index is 763. The zero-order valence-electron chi connectivity index (χ0n) is 15.8. The van der Waals surface area contributed by atoms with Crippen LogP contribution >= 0.6 is 0 Å². The van der Waals surface area contributed by atoms with E-state index in [1.165, 1.54) is 0 Å². The number of carbonyl (C=O) groups excluding carboxylic acids is 1. The minimum Gasteiger partial charge on any atom is -0.391 e. The summed E-state index contributed by atoms with van der Waals surface area (Å²) >= 11 is 0. The Labute approximate surface area is 158 Å². The third kappa shape index (κ3) is 3.80. The van der Waals surface area contributed by atoms with Gasteiger partial charge in [0.25, 0.3) is 5.91 Å². The number of pyridine rings is 1. The summed E-state index contributed by atoms with van der Waals surface area (Å²) in [6.07, 6.45) is 6.97. The molecular formula is C19H27FN6O. The smallest absolute Gasteiger partial charge is 0.254 e. The van der Waals surface area contributed by atoms with Crippen LogP contribution in [-0.4, -0.2) is 42.8 Å². The van der Waals surface area contributed by atoms with E-state index >= 15 is 4.39 Å². The van der Waals surface area contributed by atoms with E-state index < -0.39 is 5.82 Å². The number of anilines is 1. The lowest BCUT2D eigenvalue weighted by molar-refractivity contribution is 0.0965. The van der Waals surface area contributed by atoms with E-state index in [1.807, 2.05) is 14.0 Å². The molecule has 2 heterocycles. The summed E-state index contributed by atoms with van der Waals surface area (Å²) in [6, 6.07) is 0.318. The molecule has 1 aromatic rings. The molecule has 0 saturated heterocycles.